The van der Waals surface area contributed by atoms with Crippen molar-refractivity contribution in [3.8, 4) is 0 Å². The van der Waals surface area contributed by atoms with Crippen LogP contribution in [0.5, 0.6) is 0 Å². The van der Waals surface area contributed by atoms with Gasteiger partial charge in [-0.1, -0.05) is 0 Å². The quantitative estimate of drug-likeness (QED) is 0.452. The number of hydrogen-bond donors (Lipinski definition) is 1. The lowest BCUT2D eigenvalue weighted by Crippen LogP contribution is -2.50. The van der Waals surface area contributed by atoms with Gasteiger partial charge in [-0.15, -0.1) is 0 Å². The Labute approximate surface area is 98.2 Å². The van der Waals surface area contributed by atoms with Gasteiger partial charge in [-0.3, -0.25) is 4.79 Å². The molecule has 0 aliphatic heterocycles. The zero-order chi connectivity index (χ0) is 14.6. The van der Waals surface area contributed by atoms with E-state index in [1.165, 1.54) is 5.32 Å². The van der Waals surface area contributed by atoms with E-state index >= 15 is 0 Å². The van der Waals surface area contributed by atoms with Crippen molar-refractivity contribution in [3.63, 3.8) is 0 Å². The molecule has 1 N–H and O–H groups in total. The topological polar surface area (TPSA) is 64.6 Å². The summed E-state index contributed by atoms with van der Waals surface area (Å²) in [5.41, 5.74) is 0. The van der Waals surface area contributed by atoms with E-state index in [4.69, 9.17) is 0 Å². The average Bonchev–Trinajstić information content (AvgIpc) is 2.25. The fraction of sp³-hybridized carbons (Fsp3) is 0.750. The summed E-state index contributed by atoms with van der Waals surface area (Å²) < 4.78 is 68.6. The van der Waals surface area contributed by atoms with E-state index in [1.54, 1.807) is 0 Å². The molecule has 0 heterocycles. The van der Waals surface area contributed by atoms with Crippen LogP contribution in [0.25, 0.3) is 0 Å². The molecule has 1 amide bonds. The largest absolute Gasteiger partial charge is 0.467 e. The summed E-state index contributed by atoms with van der Waals surface area (Å²) in [6, 6.07) is 0. The van der Waals surface area contributed by atoms with Gasteiger partial charge in [-0.25, -0.2) is 4.79 Å². The van der Waals surface area contributed by atoms with Crippen molar-refractivity contribution in [1.29, 1.82) is 0 Å². The van der Waals surface area contributed by atoms with E-state index in [0.29, 0.717) is 0 Å². The van der Waals surface area contributed by atoms with E-state index in [-0.39, 0.29) is 0 Å². The number of halogens is 5. The summed E-state index contributed by atoms with van der Waals surface area (Å²) in [6.07, 6.45) is -7.70. The van der Waals surface area contributed by atoms with Crippen LogP contribution >= 0.6 is 0 Å². The lowest BCUT2D eigenvalue weighted by molar-refractivity contribution is -0.278. The van der Waals surface area contributed by atoms with Crippen LogP contribution in [0.1, 0.15) is 0 Å². The summed E-state index contributed by atoms with van der Waals surface area (Å²) in [6.45, 7) is -1.99. The number of esters is 1. The fourth-order valence-corrected chi connectivity index (χ4v) is 0.808. The van der Waals surface area contributed by atoms with Crippen molar-refractivity contribution in [2.75, 3.05) is 20.8 Å². The predicted octanol–water partition coefficient (Wildman–Crippen LogP) is 0.488. The minimum Gasteiger partial charge on any atom is -0.467 e. The van der Waals surface area contributed by atoms with Crippen LogP contribution in [0.4, 0.5) is 22.0 Å². The molecule has 0 bridgehead atoms. The Hall–Kier alpha value is -1.45. The number of nitrogens with one attached hydrogen (secondary N) is 1. The second-order valence-electron chi connectivity index (χ2n) is 3.06. The van der Waals surface area contributed by atoms with Crippen LogP contribution < -0.4 is 5.32 Å². The van der Waals surface area contributed by atoms with E-state index in [2.05, 4.69) is 9.47 Å². The first-order valence-electron chi connectivity index (χ1n) is 4.39. The fourth-order valence-electron chi connectivity index (χ4n) is 0.808. The van der Waals surface area contributed by atoms with Crippen molar-refractivity contribution >= 4 is 11.9 Å². The number of methoxy groups -OCH3 is 2. The van der Waals surface area contributed by atoms with E-state index in [9.17, 15) is 31.5 Å². The lowest BCUT2D eigenvalue weighted by atomic mass is 10.3. The summed E-state index contributed by atoms with van der Waals surface area (Å²) in [4.78, 5) is 22.0. The Kier molecular flexibility index (Phi) is 5.46. The van der Waals surface area contributed by atoms with Gasteiger partial charge in [0.1, 0.15) is 0 Å². The van der Waals surface area contributed by atoms with Crippen LogP contribution in [0.15, 0.2) is 0 Å². The van der Waals surface area contributed by atoms with Gasteiger partial charge in [0.05, 0.1) is 13.7 Å². The van der Waals surface area contributed by atoms with Gasteiger partial charge in [-0.05, 0) is 0 Å². The van der Waals surface area contributed by atoms with Crippen molar-refractivity contribution in [3.05, 3.63) is 0 Å². The summed E-state index contributed by atoms with van der Waals surface area (Å²) >= 11 is 0. The molecule has 0 rings (SSSR count). The molecule has 0 aromatic rings. The third-order valence-electron chi connectivity index (χ3n) is 1.79. The molecule has 0 fully saturated rings. The number of amides is 1. The van der Waals surface area contributed by atoms with Gasteiger partial charge in [0, 0.05) is 7.11 Å². The van der Waals surface area contributed by atoms with Crippen LogP contribution in [0, 0.1) is 0 Å². The van der Waals surface area contributed by atoms with Crippen molar-refractivity contribution in [2.45, 2.75) is 18.2 Å². The zero-order valence-corrected chi connectivity index (χ0v) is 9.31. The minimum absolute atomic E-state index is 0.892. The molecule has 0 aliphatic carbocycles. The third kappa shape index (κ3) is 4.09. The van der Waals surface area contributed by atoms with E-state index in [0.717, 1.165) is 14.2 Å². The smallest absolute Gasteiger partial charge is 0.455 e. The second kappa shape index (κ2) is 5.94. The van der Waals surface area contributed by atoms with Crippen molar-refractivity contribution in [2.24, 2.45) is 0 Å². The van der Waals surface area contributed by atoms with Crippen LogP contribution in [0.3, 0.4) is 0 Å². The molecule has 0 aromatic carbocycles. The monoisotopic (exact) mass is 279 g/mol. The van der Waals surface area contributed by atoms with Crippen molar-refractivity contribution in [1.82, 2.24) is 5.32 Å². The maximum absolute atomic E-state index is 12.4. The Morgan fingerprint density at radius 2 is 1.67 bits per heavy atom. The number of carbonyl (C=O) groups is 2. The summed E-state index contributed by atoms with van der Waals surface area (Å²) in [5, 5.41) is 1.26. The number of alkyl halides is 5. The highest BCUT2D eigenvalue weighted by molar-refractivity contribution is 6.00. The van der Waals surface area contributed by atoms with E-state index in [1.807, 2.05) is 0 Å². The molecule has 5 nitrogen and oxygen atoms in total. The molecule has 106 valence electrons. The predicted molar refractivity (Wildman–Crippen MR) is 46.8 cm³/mol. The van der Waals surface area contributed by atoms with Gasteiger partial charge in [0.25, 0.3) is 5.91 Å². The first-order valence-corrected chi connectivity index (χ1v) is 4.39. The SMILES string of the molecule is COC(=O)C(OC)C(=O)NCC(F)(F)C(F)(F)F. The molecule has 0 aromatic heterocycles. The van der Waals surface area contributed by atoms with Crippen LogP contribution in [0.2, 0.25) is 0 Å². The molecule has 0 spiro atoms. The number of ether oxygens (including phenoxy) is 2. The second-order valence-corrected chi connectivity index (χ2v) is 3.06. The van der Waals surface area contributed by atoms with Gasteiger partial charge >= 0.3 is 18.1 Å². The molecular weight excluding hydrogens is 269 g/mol. The van der Waals surface area contributed by atoms with E-state index < -0.39 is 36.6 Å². The third-order valence-corrected chi connectivity index (χ3v) is 1.79. The standard InChI is InChI=1S/C8H10F5NO4/c1-17-4(6(16)18-2)5(15)14-3-7(9,10)8(11,12)13/h4H,3H2,1-2H3,(H,14,15). The molecule has 0 radical (unpaired) electrons. The number of carbonyl (C=O) groups excluding carboxylic acids is 2. The molecular formula is C8H10F5NO4. The van der Waals surface area contributed by atoms with Gasteiger partial charge < -0.3 is 14.8 Å². The highest BCUT2D eigenvalue weighted by atomic mass is 19.4. The highest BCUT2D eigenvalue weighted by Gasteiger charge is 2.57. The Morgan fingerprint density at radius 1 is 1.17 bits per heavy atom. The van der Waals surface area contributed by atoms with Crippen molar-refractivity contribution < 1.29 is 41.0 Å². The highest BCUT2D eigenvalue weighted by Crippen LogP contribution is 2.34. The molecule has 0 saturated heterocycles. The first-order chi connectivity index (χ1) is 8.06. The molecule has 0 aliphatic rings. The summed E-state index contributed by atoms with van der Waals surface area (Å²) in [5.74, 6) is -7.77. The molecule has 18 heavy (non-hydrogen) atoms. The Morgan fingerprint density at radius 3 is 2.00 bits per heavy atom. The minimum atomic E-state index is -5.80. The normalized spacial score (nSPS) is 13.9. The van der Waals surface area contributed by atoms with Crippen LogP contribution in [-0.2, 0) is 19.1 Å². The molecule has 1 unspecified atom stereocenters. The molecule has 1 atom stereocenters. The van der Waals surface area contributed by atoms with Gasteiger partial charge in [-0.2, -0.15) is 22.0 Å². The zero-order valence-electron chi connectivity index (χ0n) is 9.31. The first kappa shape index (κ1) is 16.6. The van der Waals surface area contributed by atoms with Gasteiger partial charge in [0.15, 0.2) is 0 Å². The Balaban J connectivity index is 4.55. The number of rotatable bonds is 5. The average molecular weight is 279 g/mol. The molecule has 0 saturated carbocycles. The maximum atomic E-state index is 12.4. The summed E-state index contributed by atoms with van der Waals surface area (Å²) in [7, 11) is 1.79. The molecule has 10 heteroatoms. The van der Waals surface area contributed by atoms with Gasteiger partial charge in [0.2, 0.25) is 6.10 Å². The maximum Gasteiger partial charge on any atom is 0.455 e. The Bertz CT molecular complexity index is 317. The number of hydrogen-bond acceptors (Lipinski definition) is 4. The van der Waals surface area contributed by atoms with Crippen LogP contribution in [-0.4, -0.2) is 50.8 Å². The lowest BCUT2D eigenvalue weighted by Gasteiger charge is -2.21.